The SMILES string of the molecule is NCCCCc1ccc2c(c1)CCO2. The number of nitrogens with two attached hydrogens (primary N) is 1. The summed E-state index contributed by atoms with van der Waals surface area (Å²) < 4.78 is 5.46. The smallest absolute Gasteiger partial charge is 0.122 e. The molecule has 0 saturated carbocycles. The van der Waals surface area contributed by atoms with Gasteiger partial charge in [-0.1, -0.05) is 12.1 Å². The lowest BCUT2D eigenvalue weighted by Crippen LogP contribution is -1.99. The fourth-order valence-electron chi connectivity index (χ4n) is 1.87. The van der Waals surface area contributed by atoms with Crippen LogP contribution in [0, 0.1) is 0 Å². The summed E-state index contributed by atoms with van der Waals surface area (Å²) in [6.07, 6.45) is 4.52. The van der Waals surface area contributed by atoms with Gasteiger partial charge in [0.15, 0.2) is 0 Å². The molecular formula is C12H17NO. The lowest BCUT2D eigenvalue weighted by Gasteiger charge is -2.03. The number of aryl methyl sites for hydroxylation is 1. The first kappa shape index (κ1) is 9.53. The second-order valence-corrected chi connectivity index (χ2v) is 3.79. The minimum atomic E-state index is 0.800. The maximum atomic E-state index is 5.46. The highest BCUT2D eigenvalue weighted by molar-refractivity contribution is 5.39. The molecule has 1 aromatic rings. The molecule has 76 valence electrons. The third kappa shape index (κ3) is 2.07. The molecule has 1 aliphatic heterocycles. The predicted molar refractivity (Wildman–Crippen MR) is 57.6 cm³/mol. The van der Waals surface area contributed by atoms with Gasteiger partial charge in [-0.05, 0) is 43.0 Å². The van der Waals surface area contributed by atoms with E-state index in [2.05, 4.69) is 18.2 Å². The molecule has 0 unspecified atom stereocenters. The van der Waals surface area contributed by atoms with Gasteiger partial charge >= 0.3 is 0 Å². The summed E-state index contributed by atoms with van der Waals surface area (Å²) >= 11 is 0. The number of fused-ring (bicyclic) bond motifs is 1. The van der Waals surface area contributed by atoms with Gasteiger partial charge in [-0.3, -0.25) is 0 Å². The zero-order chi connectivity index (χ0) is 9.80. The number of ether oxygens (including phenoxy) is 1. The molecule has 2 rings (SSSR count). The molecule has 1 aliphatic rings. The van der Waals surface area contributed by atoms with Crippen molar-refractivity contribution in [1.29, 1.82) is 0 Å². The highest BCUT2D eigenvalue weighted by Crippen LogP contribution is 2.26. The minimum absolute atomic E-state index is 0.800. The van der Waals surface area contributed by atoms with Crippen molar-refractivity contribution < 1.29 is 4.74 Å². The van der Waals surface area contributed by atoms with Crippen LogP contribution in [0.4, 0.5) is 0 Å². The van der Waals surface area contributed by atoms with Crippen LogP contribution in [0.2, 0.25) is 0 Å². The molecule has 0 spiro atoms. The largest absolute Gasteiger partial charge is 0.493 e. The van der Waals surface area contributed by atoms with E-state index in [0.717, 1.165) is 38.2 Å². The van der Waals surface area contributed by atoms with E-state index in [0.29, 0.717) is 0 Å². The zero-order valence-corrected chi connectivity index (χ0v) is 8.46. The Balaban J connectivity index is 1.98. The molecule has 1 heterocycles. The topological polar surface area (TPSA) is 35.2 Å². The third-order valence-electron chi connectivity index (χ3n) is 2.67. The van der Waals surface area contributed by atoms with Gasteiger partial charge in [0, 0.05) is 6.42 Å². The van der Waals surface area contributed by atoms with Crippen LogP contribution in [0.15, 0.2) is 18.2 Å². The van der Waals surface area contributed by atoms with Gasteiger partial charge in [-0.2, -0.15) is 0 Å². The van der Waals surface area contributed by atoms with E-state index < -0.39 is 0 Å². The number of hydrogen-bond acceptors (Lipinski definition) is 2. The molecule has 0 saturated heterocycles. The van der Waals surface area contributed by atoms with Gasteiger partial charge in [0.25, 0.3) is 0 Å². The molecule has 0 bridgehead atoms. The fourth-order valence-corrected chi connectivity index (χ4v) is 1.87. The van der Waals surface area contributed by atoms with Gasteiger partial charge in [0.2, 0.25) is 0 Å². The number of rotatable bonds is 4. The average molecular weight is 191 g/mol. The molecule has 0 atom stereocenters. The summed E-state index contributed by atoms with van der Waals surface area (Å²) in [5.41, 5.74) is 8.25. The summed E-state index contributed by atoms with van der Waals surface area (Å²) in [5.74, 6) is 1.08. The Morgan fingerprint density at radius 3 is 3.07 bits per heavy atom. The number of benzene rings is 1. The molecule has 1 aromatic carbocycles. The van der Waals surface area contributed by atoms with Crippen molar-refractivity contribution in [2.24, 2.45) is 5.73 Å². The molecular weight excluding hydrogens is 174 g/mol. The first-order chi connectivity index (χ1) is 6.90. The molecule has 2 nitrogen and oxygen atoms in total. The molecule has 2 N–H and O–H groups in total. The van der Waals surface area contributed by atoms with Crippen molar-refractivity contribution in [3.63, 3.8) is 0 Å². The van der Waals surface area contributed by atoms with Crippen LogP contribution in [-0.2, 0) is 12.8 Å². The predicted octanol–water partition coefficient (Wildman–Crippen LogP) is 1.90. The van der Waals surface area contributed by atoms with Crippen LogP contribution in [0.25, 0.3) is 0 Å². The standard InChI is InChI=1S/C12H17NO/c13-7-2-1-3-10-4-5-12-11(9-10)6-8-14-12/h4-5,9H,1-3,6-8,13H2. The summed E-state index contributed by atoms with van der Waals surface area (Å²) in [4.78, 5) is 0. The van der Waals surface area contributed by atoms with Crippen molar-refractivity contribution in [3.8, 4) is 5.75 Å². The van der Waals surface area contributed by atoms with E-state index in [1.807, 2.05) is 0 Å². The molecule has 0 aromatic heterocycles. The first-order valence-electron chi connectivity index (χ1n) is 5.35. The number of unbranched alkanes of at least 4 members (excludes halogenated alkanes) is 1. The Hall–Kier alpha value is -1.02. The van der Waals surface area contributed by atoms with Crippen molar-refractivity contribution in [2.45, 2.75) is 25.7 Å². The van der Waals surface area contributed by atoms with Gasteiger partial charge in [0.05, 0.1) is 6.61 Å². The fraction of sp³-hybridized carbons (Fsp3) is 0.500. The summed E-state index contributed by atoms with van der Waals surface area (Å²) in [7, 11) is 0. The molecule has 0 fully saturated rings. The average Bonchev–Trinajstić information content (AvgIpc) is 2.65. The second kappa shape index (κ2) is 4.47. The summed E-state index contributed by atoms with van der Waals surface area (Å²) in [5, 5.41) is 0. The lowest BCUT2D eigenvalue weighted by atomic mass is 10.0. The number of hydrogen-bond donors (Lipinski definition) is 1. The quantitative estimate of drug-likeness (QED) is 0.738. The second-order valence-electron chi connectivity index (χ2n) is 3.79. The van der Waals surface area contributed by atoms with E-state index >= 15 is 0 Å². The summed E-state index contributed by atoms with van der Waals surface area (Å²) in [6.45, 7) is 1.65. The zero-order valence-electron chi connectivity index (χ0n) is 8.46. The van der Waals surface area contributed by atoms with Crippen molar-refractivity contribution in [1.82, 2.24) is 0 Å². The highest BCUT2D eigenvalue weighted by Gasteiger charge is 2.11. The van der Waals surface area contributed by atoms with Gasteiger partial charge < -0.3 is 10.5 Å². The third-order valence-corrected chi connectivity index (χ3v) is 2.67. The van der Waals surface area contributed by atoms with Crippen LogP contribution in [0.5, 0.6) is 5.75 Å². The Labute approximate surface area is 85.1 Å². The minimum Gasteiger partial charge on any atom is -0.493 e. The van der Waals surface area contributed by atoms with Crippen LogP contribution in [-0.4, -0.2) is 13.2 Å². The Morgan fingerprint density at radius 1 is 1.29 bits per heavy atom. The molecule has 14 heavy (non-hydrogen) atoms. The Kier molecular flexibility index (Phi) is 3.04. The van der Waals surface area contributed by atoms with Gasteiger partial charge in [-0.25, -0.2) is 0 Å². The maximum absolute atomic E-state index is 5.46. The molecule has 0 radical (unpaired) electrons. The van der Waals surface area contributed by atoms with E-state index in [1.165, 1.54) is 17.5 Å². The molecule has 2 heteroatoms. The Bertz CT molecular complexity index is 309. The van der Waals surface area contributed by atoms with Crippen LogP contribution < -0.4 is 10.5 Å². The van der Waals surface area contributed by atoms with Gasteiger partial charge in [-0.15, -0.1) is 0 Å². The monoisotopic (exact) mass is 191 g/mol. The van der Waals surface area contributed by atoms with Crippen LogP contribution in [0.3, 0.4) is 0 Å². The molecule has 0 aliphatic carbocycles. The first-order valence-corrected chi connectivity index (χ1v) is 5.35. The van der Waals surface area contributed by atoms with Crippen molar-refractivity contribution in [2.75, 3.05) is 13.2 Å². The molecule has 0 amide bonds. The van der Waals surface area contributed by atoms with E-state index in [9.17, 15) is 0 Å². The van der Waals surface area contributed by atoms with E-state index in [-0.39, 0.29) is 0 Å². The highest BCUT2D eigenvalue weighted by atomic mass is 16.5. The van der Waals surface area contributed by atoms with E-state index in [4.69, 9.17) is 10.5 Å². The lowest BCUT2D eigenvalue weighted by molar-refractivity contribution is 0.357. The van der Waals surface area contributed by atoms with Crippen molar-refractivity contribution in [3.05, 3.63) is 29.3 Å². The van der Waals surface area contributed by atoms with Crippen LogP contribution >= 0.6 is 0 Å². The van der Waals surface area contributed by atoms with Crippen LogP contribution in [0.1, 0.15) is 24.0 Å². The summed E-state index contributed by atoms with van der Waals surface area (Å²) in [6, 6.07) is 6.54. The normalized spacial score (nSPS) is 13.8. The Morgan fingerprint density at radius 2 is 2.21 bits per heavy atom. The van der Waals surface area contributed by atoms with Gasteiger partial charge in [0.1, 0.15) is 5.75 Å². The van der Waals surface area contributed by atoms with Crippen molar-refractivity contribution >= 4 is 0 Å². The van der Waals surface area contributed by atoms with E-state index in [1.54, 1.807) is 0 Å². The maximum Gasteiger partial charge on any atom is 0.122 e.